The number of hydrogen-bond donors (Lipinski definition) is 0. The lowest BCUT2D eigenvalue weighted by molar-refractivity contribution is 0.112. The van der Waals surface area contributed by atoms with Crippen molar-refractivity contribution in [3.8, 4) is 11.5 Å². The molecule has 18 heavy (non-hydrogen) atoms. The van der Waals surface area contributed by atoms with E-state index in [0.717, 1.165) is 11.8 Å². The van der Waals surface area contributed by atoms with Crippen LogP contribution in [0.1, 0.15) is 15.9 Å². The molecule has 1 heterocycles. The second-order valence-electron chi connectivity index (χ2n) is 3.67. The summed E-state index contributed by atoms with van der Waals surface area (Å²) in [5, 5.41) is 0. The number of hydrogen-bond acceptors (Lipinski definition) is 4. The van der Waals surface area contributed by atoms with E-state index in [4.69, 9.17) is 9.47 Å². The highest BCUT2D eigenvalue weighted by Gasteiger charge is 2.05. The fourth-order valence-corrected chi connectivity index (χ4v) is 1.58. The van der Waals surface area contributed by atoms with Crippen LogP contribution >= 0.6 is 0 Å². The molecule has 0 radical (unpaired) electrons. The van der Waals surface area contributed by atoms with Gasteiger partial charge in [0.1, 0.15) is 24.4 Å². The molecule has 92 valence electrons. The number of benzene rings is 1. The minimum absolute atomic E-state index is 0.330. The molecule has 0 saturated carbocycles. The van der Waals surface area contributed by atoms with Gasteiger partial charge in [-0.1, -0.05) is 0 Å². The molecule has 4 nitrogen and oxygen atoms in total. The first-order chi connectivity index (χ1) is 8.83. The lowest BCUT2D eigenvalue weighted by atomic mass is 10.1. The number of aldehydes is 1. The Bertz CT molecular complexity index is 526. The third kappa shape index (κ3) is 2.85. The molecule has 0 atom stereocenters. The number of carbonyl (C=O) groups is 1. The highest BCUT2D eigenvalue weighted by Crippen LogP contribution is 2.21. The molecule has 1 aromatic heterocycles. The van der Waals surface area contributed by atoms with Crippen molar-refractivity contribution >= 4 is 6.29 Å². The first-order valence-electron chi connectivity index (χ1n) is 5.48. The highest BCUT2D eigenvalue weighted by atomic mass is 16.5. The highest BCUT2D eigenvalue weighted by molar-refractivity contribution is 5.75. The zero-order valence-electron chi connectivity index (χ0n) is 10.00. The summed E-state index contributed by atoms with van der Waals surface area (Å²) in [6.45, 7) is 0.330. The van der Waals surface area contributed by atoms with Crippen LogP contribution in [0.2, 0.25) is 0 Å². The largest absolute Gasteiger partial charge is 0.496 e. The first kappa shape index (κ1) is 12.1. The third-order valence-electron chi connectivity index (χ3n) is 2.47. The van der Waals surface area contributed by atoms with Gasteiger partial charge in [0.15, 0.2) is 0 Å². The maximum atomic E-state index is 10.7. The quantitative estimate of drug-likeness (QED) is 0.757. The van der Waals surface area contributed by atoms with Crippen molar-refractivity contribution in [1.82, 2.24) is 4.98 Å². The average Bonchev–Trinajstić information content (AvgIpc) is 2.45. The monoisotopic (exact) mass is 243 g/mol. The van der Waals surface area contributed by atoms with Gasteiger partial charge in [-0.15, -0.1) is 0 Å². The van der Waals surface area contributed by atoms with E-state index in [1.54, 1.807) is 43.8 Å². The Morgan fingerprint density at radius 1 is 1.33 bits per heavy atom. The van der Waals surface area contributed by atoms with Crippen LogP contribution < -0.4 is 9.47 Å². The van der Waals surface area contributed by atoms with Crippen molar-refractivity contribution in [3.05, 3.63) is 53.9 Å². The van der Waals surface area contributed by atoms with Gasteiger partial charge in [-0.25, -0.2) is 0 Å². The molecule has 0 aliphatic rings. The fourth-order valence-electron chi connectivity index (χ4n) is 1.58. The van der Waals surface area contributed by atoms with Crippen molar-refractivity contribution in [2.24, 2.45) is 0 Å². The lowest BCUT2D eigenvalue weighted by Crippen LogP contribution is -2.00. The maximum Gasteiger partial charge on any atom is 0.150 e. The van der Waals surface area contributed by atoms with Crippen LogP contribution in [0.3, 0.4) is 0 Å². The predicted octanol–water partition coefficient (Wildman–Crippen LogP) is 2.48. The van der Waals surface area contributed by atoms with Crippen molar-refractivity contribution in [2.75, 3.05) is 7.11 Å². The standard InChI is InChI=1S/C14H13NO3/c1-17-14-5-4-11(9-16)7-12(14)10-18-13-3-2-6-15-8-13/h2-9H,10H2,1H3. The van der Waals surface area contributed by atoms with Crippen LogP contribution in [0.25, 0.3) is 0 Å². The van der Waals surface area contributed by atoms with E-state index in [0.29, 0.717) is 23.7 Å². The van der Waals surface area contributed by atoms with Gasteiger partial charge in [0.2, 0.25) is 0 Å². The van der Waals surface area contributed by atoms with Gasteiger partial charge < -0.3 is 9.47 Å². The van der Waals surface area contributed by atoms with Crippen molar-refractivity contribution < 1.29 is 14.3 Å². The minimum Gasteiger partial charge on any atom is -0.496 e. The van der Waals surface area contributed by atoms with Crippen LogP contribution in [-0.2, 0) is 6.61 Å². The minimum atomic E-state index is 0.330. The average molecular weight is 243 g/mol. The van der Waals surface area contributed by atoms with Gasteiger partial charge in [0.25, 0.3) is 0 Å². The molecule has 0 amide bonds. The zero-order chi connectivity index (χ0) is 12.8. The van der Waals surface area contributed by atoms with Crippen LogP contribution in [0.4, 0.5) is 0 Å². The Kier molecular flexibility index (Phi) is 3.91. The molecular weight excluding hydrogens is 230 g/mol. The number of rotatable bonds is 5. The fraction of sp³-hybridized carbons (Fsp3) is 0.143. The summed E-state index contributed by atoms with van der Waals surface area (Å²) in [4.78, 5) is 14.7. The molecular formula is C14H13NO3. The van der Waals surface area contributed by atoms with Gasteiger partial charge in [-0.2, -0.15) is 0 Å². The summed E-state index contributed by atoms with van der Waals surface area (Å²) in [7, 11) is 1.59. The predicted molar refractivity (Wildman–Crippen MR) is 67.0 cm³/mol. The van der Waals surface area contributed by atoms with Crippen LogP contribution in [-0.4, -0.2) is 18.4 Å². The van der Waals surface area contributed by atoms with Gasteiger partial charge >= 0.3 is 0 Å². The number of nitrogens with zero attached hydrogens (tertiary/aromatic N) is 1. The van der Waals surface area contributed by atoms with E-state index in [9.17, 15) is 4.79 Å². The number of ether oxygens (including phenoxy) is 2. The molecule has 0 fully saturated rings. The summed E-state index contributed by atoms with van der Waals surface area (Å²) < 4.78 is 10.8. The van der Waals surface area contributed by atoms with E-state index in [1.165, 1.54) is 0 Å². The molecule has 0 bridgehead atoms. The first-order valence-corrected chi connectivity index (χ1v) is 5.48. The molecule has 2 rings (SSSR count). The van der Waals surface area contributed by atoms with Crippen molar-refractivity contribution in [2.45, 2.75) is 6.61 Å². The second-order valence-corrected chi connectivity index (χ2v) is 3.67. The third-order valence-corrected chi connectivity index (χ3v) is 2.47. The van der Waals surface area contributed by atoms with Crippen LogP contribution in [0.5, 0.6) is 11.5 Å². The topological polar surface area (TPSA) is 48.4 Å². The summed E-state index contributed by atoms with van der Waals surface area (Å²) in [6.07, 6.45) is 4.11. The Morgan fingerprint density at radius 2 is 2.22 bits per heavy atom. The summed E-state index contributed by atoms with van der Waals surface area (Å²) in [6, 6.07) is 8.84. The van der Waals surface area contributed by atoms with Gasteiger partial charge in [0.05, 0.1) is 13.3 Å². The molecule has 4 heteroatoms. The smallest absolute Gasteiger partial charge is 0.150 e. The molecule has 0 saturated heterocycles. The number of methoxy groups -OCH3 is 1. The number of pyridine rings is 1. The Labute approximate surface area is 105 Å². The molecule has 0 spiro atoms. The Morgan fingerprint density at radius 3 is 2.89 bits per heavy atom. The molecule has 0 unspecified atom stereocenters. The summed E-state index contributed by atoms with van der Waals surface area (Å²) in [5.74, 6) is 1.38. The van der Waals surface area contributed by atoms with E-state index in [-0.39, 0.29) is 0 Å². The zero-order valence-corrected chi connectivity index (χ0v) is 10.00. The second kappa shape index (κ2) is 5.82. The van der Waals surface area contributed by atoms with E-state index in [2.05, 4.69) is 4.98 Å². The van der Waals surface area contributed by atoms with E-state index < -0.39 is 0 Å². The van der Waals surface area contributed by atoms with E-state index >= 15 is 0 Å². The van der Waals surface area contributed by atoms with Crippen LogP contribution in [0, 0.1) is 0 Å². The molecule has 0 aliphatic heterocycles. The van der Waals surface area contributed by atoms with Gasteiger partial charge in [0, 0.05) is 17.3 Å². The van der Waals surface area contributed by atoms with E-state index in [1.807, 2.05) is 6.07 Å². The molecule has 2 aromatic rings. The molecule has 1 aromatic carbocycles. The van der Waals surface area contributed by atoms with Crippen LogP contribution in [0.15, 0.2) is 42.7 Å². The SMILES string of the molecule is COc1ccc(C=O)cc1COc1cccnc1. The lowest BCUT2D eigenvalue weighted by Gasteiger charge is -2.10. The van der Waals surface area contributed by atoms with Crippen molar-refractivity contribution in [1.29, 1.82) is 0 Å². The molecule has 0 aliphatic carbocycles. The number of carbonyl (C=O) groups excluding carboxylic acids is 1. The summed E-state index contributed by atoms with van der Waals surface area (Å²) >= 11 is 0. The molecule has 0 N–H and O–H groups in total. The number of aromatic nitrogens is 1. The van der Waals surface area contributed by atoms with Gasteiger partial charge in [-0.3, -0.25) is 9.78 Å². The van der Waals surface area contributed by atoms with Crippen molar-refractivity contribution in [3.63, 3.8) is 0 Å². The maximum absolute atomic E-state index is 10.7. The van der Waals surface area contributed by atoms with Gasteiger partial charge in [-0.05, 0) is 30.3 Å². The summed E-state index contributed by atoms with van der Waals surface area (Å²) in [5.41, 5.74) is 1.42. The normalized spacial score (nSPS) is 9.83. The Balaban J connectivity index is 2.15. The Hall–Kier alpha value is -2.36.